The van der Waals surface area contributed by atoms with E-state index in [-0.39, 0.29) is 5.56 Å². The Balaban J connectivity index is 1.56. The lowest BCUT2D eigenvalue weighted by atomic mass is 9.72. The first-order chi connectivity index (χ1) is 19.6. The van der Waals surface area contributed by atoms with Gasteiger partial charge in [-0.1, -0.05) is 78.9 Å². The van der Waals surface area contributed by atoms with Crippen LogP contribution in [0, 0.1) is 5.82 Å². The maximum absolute atomic E-state index is 15.7. The Kier molecular flexibility index (Phi) is 6.89. The summed E-state index contributed by atoms with van der Waals surface area (Å²) in [5, 5.41) is 1.95. The van der Waals surface area contributed by atoms with E-state index < -0.39 is 29.0 Å². The molecule has 2 aliphatic carbocycles. The van der Waals surface area contributed by atoms with Crippen LogP contribution >= 0.6 is 0 Å². The monoisotopic (exact) mass is 555 g/mol. The van der Waals surface area contributed by atoms with E-state index >= 15 is 4.39 Å². The van der Waals surface area contributed by atoms with Gasteiger partial charge in [-0.05, 0) is 96.5 Å². The Morgan fingerprint density at radius 1 is 0.854 bits per heavy atom. The average molecular weight is 556 g/mol. The van der Waals surface area contributed by atoms with Gasteiger partial charge in [0.15, 0.2) is 0 Å². The van der Waals surface area contributed by atoms with Crippen molar-refractivity contribution in [1.29, 1.82) is 0 Å². The van der Waals surface area contributed by atoms with Crippen molar-refractivity contribution in [2.75, 3.05) is 7.05 Å². The zero-order chi connectivity index (χ0) is 28.9. The number of rotatable bonds is 5. The normalized spacial score (nSPS) is 17.0. The van der Waals surface area contributed by atoms with Crippen molar-refractivity contribution in [3.63, 3.8) is 0 Å². The highest BCUT2D eigenvalue weighted by atomic mass is 19.4. The summed E-state index contributed by atoms with van der Waals surface area (Å²) in [6.45, 7) is 4.87. The molecule has 0 aromatic heterocycles. The number of alkyl halides is 3. The van der Waals surface area contributed by atoms with Crippen LogP contribution in [0.5, 0.6) is 0 Å². The molecule has 0 saturated carbocycles. The van der Waals surface area contributed by atoms with Crippen LogP contribution in [-0.2, 0) is 25.6 Å². The molecule has 0 spiro atoms. The molecule has 210 valence electrons. The second-order valence-electron chi connectivity index (χ2n) is 11.8. The molecule has 0 amide bonds. The van der Waals surface area contributed by atoms with Crippen molar-refractivity contribution in [3.05, 3.63) is 135 Å². The molecule has 4 aromatic carbocycles. The zero-order valence-electron chi connectivity index (χ0n) is 23.5. The number of likely N-dealkylation sites (N-methyl/N-ethyl adjacent to an activating group) is 1. The van der Waals surface area contributed by atoms with Gasteiger partial charge in [-0.3, -0.25) is 4.90 Å². The molecule has 0 N–H and O–H groups in total. The zero-order valence-corrected chi connectivity index (χ0v) is 23.5. The minimum absolute atomic E-state index is 0.301. The fourth-order valence-corrected chi connectivity index (χ4v) is 6.54. The van der Waals surface area contributed by atoms with Gasteiger partial charge in [-0.2, -0.15) is 13.2 Å². The van der Waals surface area contributed by atoms with Gasteiger partial charge in [0.25, 0.3) is 0 Å². The van der Waals surface area contributed by atoms with Gasteiger partial charge < -0.3 is 0 Å². The molecule has 0 fully saturated rings. The van der Waals surface area contributed by atoms with E-state index in [0.717, 1.165) is 69.6 Å². The summed E-state index contributed by atoms with van der Waals surface area (Å²) >= 11 is 0. The summed E-state index contributed by atoms with van der Waals surface area (Å²) in [5.41, 5.74) is 4.48. The third kappa shape index (κ3) is 4.91. The van der Waals surface area contributed by atoms with E-state index in [1.54, 1.807) is 0 Å². The highest BCUT2D eigenvalue weighted by Gasteiger charge is 2.40. The second-order valence-corrected chi connectivity index (χ2v) is 11.8. The Bertz CT molecular complexity index is 1680. The second kappa shape index (κ2) is 10.3. The molecular formula is C36H33F4N. The number of fused-ring (bicyclic) bond motifs is 5. The van der Waals surface area contributed by atoms with Crippen LogP contribution in [0.15, 0.2) is 90.5 Å². The molecule has 0 radical (unpaired) electrons. The molecule has 1 unspecified atom stereocenters. The smallest absolute Gasteiger partial charge is 0.293 e. The molecule has 0 heterocycles. The van der Waals surface area contributed by atoms with Gasteiger partial charge in [0.1, 0.15) is 5.82 Å². The number of hydrogen-bond acceptors (Lipinski definition) is 1. The lowest BCUT2D eigenvalue weighted by molar-refractivity contribution is -0.138. The average Bonchev–Trinajstić information content (AvgIpc) is 2.96. The number of benzene rings is 4. The van der Waals surface area contributed by atoms with Crippen LogP contribution in [0.2, 0.25) is 0 Å². The number of halogens is 4. The van der Waals surface area contributed by atoms with Crippen molar-refractivity contribution in [1.82, 2.24) is 4.90 Å². The number of aryl methyl sites for hydroxylation is 1. The molecule has 0 bridgehead atoms. The number of hydrogen-bond donors (Lipinski definition) is 0. The van der Waals surface area contributed by atoms with Crippen molar-refractivity contribution in [2.24, 2.45) is 0 Å². The SMILES string of the molecule is CN(Cc1ccccc1)C(C)(C)C1=CC(c2c(F)cccc2C(F)(F)F)c2c(ccc3c4c(ccc23)C=CCC4)C1. The lowest BCUT2D eigenvalue weighted by Gasteiger charge is -2.41. The van der Waals surface area contributed by atoms with E-state index in [9.17, 15) is 13.2 Å². The van der Waals surface area contributed by atoms with E-state index in [1.807, 2.05) is 43.5 Å². The number of nitrogens with zero attached hydrogens (tertiary/aromatic N) is 1. The molecule has 4 aromatic rings. The van der Waals surface area contributed by atoms with Crippen molar-refractivity contribution < 1.29 is 17.6 Å². The maximum atomic E-state index is 15.7. The molecule has 1 nitrogen and oxygen atoms in total. The van der Waals surface area contributed by atoms with Crippen LogP contribution in [0.3, 0.4) is 0 Å². The molecule has 5 heteroatoms. The first-order valence-electron chi connectivity index (χ1n) is 14.1. The topological polar surface area (TPSA) is 3.24 Å². The summed E-state index contributed by atoms with van der Waals surface area (Å²) in [6.07, 6.45) is 3.86. The molecule has 41 heavy (non-hydrogen) atoms. The third-order valence-corrected chi connectivity index (χ3v) is 9.07. The summed E-state index contributed by atoms with van der Waals surface area (Å²) in [5.74, 6) is -1.71. The molecule has 6 rings (SSSR count). The van der Waals surface area contributed by atoms with Gasteiger partial charge in [0.05, 0.1) is 5.56 Å². The summed E-state index contributed by atoms with van der Waals surface area (Å²) in [7, 11) is 2.03. The first kappa shape index (κ1) is 27.5. The Morgan fingerprint density at radius 3 is 2.37 bits per heavy atom. The molecule has 0 saturated heterocycles. The molecular weight excluding hydrogens is 522 g/mol. The van der Waals surface area contributed by atoms with Crippen LogP contribution in [0.4, 0.5) is 17.6 Å². The van der Waals surface area contributed by atoms with Crippen molar-refractivity contribution in [3.8, 4) is 0 Å². The predicted molar refractivity (Wildman–Crippen MR) is 158 cm³/mol. The lowest BCUT2D eigenvalue weighted by Crippen LogP contribution is -2.43. The van der Waals surface area contributed by atoms with E-state index in [4.69, 9.17) is 0 Å². The quantitative estimate of drug-likeness (QED) is 0.175. The molecule has 0 aliphatic heterocycles. The highest BCUT2D eigenvalue weighted by Crippen LogP contribution is 2.47. The Morgan fingerprint density at radius 2 is 1.61 bits per heavy atom. The van der Waals surface area contributed by atoms with Gasteiger partial charge in [0, 0.05) is 23.6 Å². The maximum Gasteiger partial charge on any atom is 0.416 e. The van der Waals surface area contributed by atoms with Crippen molar-refractivity contribution >= 4 is 16.8 Å². The summed E-state index contributed by atoms with van der Waals surface area (Å²) in [4.78, 5) is 2.21. The van der Waals surface area contributed by atoms with E-state index in [1.165, 1.54) is 5.56 Å². The summed E-state index contributed by atoms with van der Waals surface area (Å²) < 4.78 is 58.8. The van der Waals surface area contributed by atoms with Gasteiger partial charge in [-0.15, -0.1) is 0 Å². The van der Waals surface area contributed by atoms with E-state index in [2.05, 4.69) is 55.2 Å². The summed E-state index contributed by atoms with van der Waals surface area (Å²) in [6, 6.07) is 21.6. The highest BCUT2D eigenvalue weighted by molar-refractivity contribution is 5.94. The first-order valence-corrected chi connectivity index (χ1v) is 14.1. The van der Waals surface area contributed by atoms with Gasteiger partial charge in [0.2, 0.25) is 0 Å². The van der Waals surface area contributed by atoms with E-state index in [0.29, 0.717) is 13.0 Å². The third-order valence-electron chi connectivity index (χ3n) is 9.07. The van der Waals surface area contributed by atoms with Gasteiger partial charge >= 0.3 is 6.18 Å². The Hall–Kier alpha value is -3.70. The number of allylic oxidation sites excluding steroid dienone is 2. The Labute approximate surface area is 238 Å². The van der Waals surface area contributed by atoms with Crippen molar-refractivity contribution in [2.45, 2.75) is 57.3 Å². The van der Waals surface area contributed by atoms with Crippen LogP contribution in [0.1, 0.15) is 65.1 Å². The van der Waals surface area contributed by atoms with Crippen LogP contribution in [-0.4, -0.2) is 17.5 Å². The molecule has 2 aliphatic rings. The molecule has 1 atom stereocenters. The standard InChI is InChI=1S/C36H33F4N/c1-35(2,41(3)22-23-10-5-4-6-11-23)26-20-25-17-18-28-27-13-8-7-12-24(27)16-19-29(28)33(25)30(21-26)34-31(36(38,39)40)14-9-15-32(34)37/h4-7,9-12,14-19,21,30H,8,13,20,22H2,1-3H3. The van der Waals surface area contributed by atoms with Gasteiger partial charge in [-0.25, -0.2) is 4.39 Å². The minimum Gasteiger partial charge on any atom is -0.293 e. The van der Waals surface area contributed by atoms with Crippen LogP contribution in [0.25, 0.3) is 16.8 Å². The van der Waals surface area contributed by atoms with Crippen LogP contribution < -0.4 is 0 Å². The largest absolute Gasteiger partial charge is 0.416 e. The fraction of sp³-hybridized carbons (Fsp3) is 0.278. The predicted octanol–water partition coefficient (Wildman–Crippen LogP) is 9.48. The fourth-order valence-electron chi connectivity index (χ4n) is 6.54. The minimum atomic E-state index is -4.68.